The van der Waals surface area contributed by atoms with Crippen LogP contribution in [-0.4, -0.2) is 23.7 Å². The van der Waals surface area contributed by atoms with Crippen LogP contribution in [-0.2, 0) is 25.4 Å². The molecule has 0 saturated carbocycles. The fourth-order valence-corrected chi connectivity index (χ4v) is 1.66. The predicted octanol–water partition coefficient (Wildman–Crippen LogP) is 1.18. The lowest BCUT2D eigenvalue weighted by Crippen LogP contribution is -2.34. The van der Waals surface area contributed by atoms with E-state index in [4.69, 9.17) is 14.0 Å². The smallest absolute Gasteiger partial charge is 0.534 e. The molecule has 0 aromatic carbocycles. The van der Waals surface area contributed by atoms with Gasteiger partial charge >= 0.3 is 13.1 Å². The van der Waals surface area contributed by atoms with Gasteiger partial charge in [-0.05, 0) is 26.0 Å². The minimum atomic E-state index is -0.510. The number of esters is 1. The summed E-state index contributed by atoms with van der Waals surface area (Å²) in [5.41, 5.74) is 0.961. The molecule has 0 aliphatic carbocycles. The fraction of sp³-hybridized carbons (Fsp3) is 0.385. The van der Waals surface area contributed by atoms with Gasteiger partial charge in [0.15, 0.2) is 0 Å². The summed E-state index contributed by atoms with van der Waals surface area (Å²) in [4.78, 5) is 14.9. The molecule has 0 spiro atoms. The van der Waals surface area contributed by atoms with Gasteiger partial charge in [-0.3, -0.25) is 9.78 Å². The van der Waals surface area contributed by atoms with Crippen LogP contribution in [0.1, 0.15) is 26.5 Å². The molecule has 1 aliphatic heterocycles. The zero-order chi connectivity index (χ0) is 14.0. The fourth-order valence-electron chi connectivity index (χ4n) is 1.66. The Hall–Kier alpha value is -1.82. The highest BCUT2D eigenvalue weighted by Crippen LogP contribution is 2.29. The quantitative estimate of drug-likeness (QED) is 0.604. The topological polar surface area (TPSA) is 57.7 Å². The van der Waals surface area contributed by atoms with E-state index in [-0.39, 0.29) is 12.6 Å². The molecule has 1 aliphatic rings. The molecule has 1 saturated heterocycles. The summed E-state index contributed by atoms with van der Waals surface area (Å²) in [6, 6.07) is 3.60. The van der Waals surface area contributed by atoms with E-state index in [2.05, 4.69) is 11.6 Å². The van der Waals surface area contributed by atoms with Gasteiger partial charge in [-0.1, -0.05) is 6.58 Å². The van der Waals surface area contributed by atoms with Crippen molar-refractivity contribution in [2.45, 2.75) is 33.0 Å². The van der Waals surface area contributed by atoms with Crippen molar-refractivity contribution in [2.75, 3.05) is 0 Å². The summed E-state index contributed by atoms with van der Waals surface area (Å²) in [6.07, 6.45) is 1.63. The number of rotatable bonds is 3. The Balaban J connectivity index is 2.11. The van der Waals surface area contributed by atoms with Crippen LogP contribution in [0.15, 0.2) is 30.7 Å². The highest BCUT2D eigenvalue weighted by Gasteiger charge is 2.42. The van der Waals surface area contributed by atoms with E-state index in [9.17, 15) is 4.79 Å². The number of nitrogens with zero attached hydrogens (tertiary/aromatic N) is 1. The van der Waals surface area contributed by atoms with Gasteiger partial charge < -0.3 is 14.0 Å². The van der Waals surface area contributed by atoms with E-state index >= 15 is 0 Å². The third kappa shape index (κ3) is 3.14. The highest BCUT2D eigenvalue weighted by molar-refractivity contribution is 6.62. The highest BCUT2D eigenvalue weighted by atomic mass is 16.7. The number of hydrogen-bond donors (Lipinski definition) is 0. The molecule has 1 aromatic heterocycles. The van der Waals surface area contributed by atoms with Crippen LogP contribution >= 0.6 is 0 Å². The largest absolute Gasteiger partial charge is 0.563 e. The second-order valence-corrected chi connectivity index (χ2v) is 4.86. The molecule has 2 heterocycles. The average Bonchev–Trinajstić information content (AvgIpc) is 2.62. The summed E-state index contributed by atoms with van der Waals surface area (Å²) in [5.74, 6) is 0.255. The lowest BCUT2D eigenvalue weighted by molar-refractivity contribution is -0.142. The first kappa shape index (κ1) is 13.6. The molecule has 0 N–H and O–H groups in total. The zero-order valence-electron chi connectivity index (χ0n) is 11.3. The van der Waals surface area contributed by atoms with Crippen LogP contribution < -0.4 is 5.46 Å². The number of ether oxygens (including phenoxy) is 1. The van der Waals surface area contributed by atoms with Crippen molar-refractivity contribution >= 4 is 18.6 Å². The van der Waals surface area contributed by atoms with Gasteiger partial charge in [0.25, 0.3) is 0 Å². The normalized spacial score (nSPS) is 17.2. The number of carbonyl (C=O) groups is 1. The molecule has 100 valence electrons. The van der Waals surface area contributed by atoms with E-state index in [1.54, 1.807) is 18.3 Å². The second-order valence-electron chi connectivity index (χ2n) is 4.86. The van der Waals surface area contributed by atoms with Gasteiger partial charge in [-0.2, -0.15) is 0 Å². The first-order valence-corrected chi connectivity index (χ1v) is 6.00. The monoisotopic (exact) mass is 261 g/mol. The third-order valence-electron chi connectivity index (χ3n) is 2.86. The molecule has 1 aromatic rings. The van der Waals surface area contributed by atoms with Crippen molar-refractivity contribution in [1.29, 1.82) is 0 Å². The van der Waals surface area contributed by atoms with Crippen molar-refractivity contribution in [3.8, 4) is 0 Å². The Morgan fingerprint density at radius 1 is 1.58 bits per heavy atom. The molecule has 1 fully saturated rings. The lowest BCUT2D eigenvalue weighted by atomic mass is 9.79. The number of carbonyl (C=O) groups excluding carboxylic acids is 1. The second kappa shape index (κ2) is 5.05. The Labute approximate surface area is 112 Å². The van der Waals surface area contributed by atoms with Crippen molar-refractivity contribution in [2.24, 2.45) is 0 Å². The molecular weight excluding hydrogens is 245 g/mol. The lowest BCUT2D eigenvalue weighted by Gasteiger charge is -2.15. The predicted molar refractivity (Wildman–Crippen MR) is 70.5 cm³/mol. The summed E-state index contributed by atoms with van der Waals surface area (Å²) >= 11 is 0. The number of pyridine rings is 1. The summed E-state index contributed by atoms with van der Waals surface area (Å²) in [5, 5.41) is 0. The molecule has 0 amide bonds. The van der Waals surface area contributed by atoms with Gasteiger partial charge in [0, 0.05) is 18.6 Å². The van der Waals surface area contributed by atoms with Gasteiger partial charge in [0.1, 0.15) is 12.2 Å². The van der Waals surface area contributed by atoms with Crippen molar-refractivity contribution < 1.29 is 18.8 Å². The Morgan fingerprint density at radius 3 is 2.89 bits per heavy atom. The molecule has 0 radical (unpaired) electrons. The molecule has 19 heavy (non-hydrogen) atoms. The van der Waals surface area contributed by atoms with Crippen LogP contribution in [0.2, 0.25) is 0 Å². The van der Waals surface area contributed by atoms with Gasteiger partial charge in [-0.25, -0.2) is 0 Å². The van der Waals surface area contributed by atoms with Crippen molar-refractivity contribution in [1.82, 2.24) is 4.98 Å². The minimum Gasteiger partial charge on any atom is -0.534 e. The van der Waals surface area contributed by atoms with Crippen LogP contribution in [0, 0.1) is 0 Å². The van der Waals surface area contributed by atoms with Gasteiger partial charge in [-0.15, -0.1) is 0 Å². The first-order valence-electron chi connectivity index (χ1n) is 6.00. The number of aromatic nitrogens is 1. The maximum absolute atomic E-state index is 10.8. The van der Waals surface area contributed by atoms with Crippen LogP contribution in [0.4, 0.5) is 0 Å². The van der Waals surface area contributed by atoms with E-state index in [0.717, 1.165) is 5.46 Å². The van der Waals surface area contributed by atoms with E-state index in [1.807, 2.05) is 13.8 Å². The summed E-state index contributed by atoms with van der Waals surface area (Å²) in [6.45, 7) is 9.13. The molecule has 6 heteroatoms. The van der Waals surface area contributed by atoms with Gasteiger partial charge in [0.2, 0.25) is 0 Å². The maximum Gasteiger partial charge on any atom is 0.563 e. The van der Waals surface area contributed by atoms with E-state index in [1.165, 1.54) is 6.92 Å². The average molecular weight is 261 g/mol. The van der Waals surface area contributed by atoms with Gasteiger partial charge in [0.05, 0.1) is 11.5 Å². The summed E-state index contributed by atoms with van der Waals surface area (Å²) < 4.78 is 16.3. The van der Waals surface area contributed by atoms with Crippen LogP contribution in [0.25, 0.3) is 0 Å². The standard InChI is InChI=1S/C13H16BNO4/c1-9-13(3,4)19-14(18-9)11-5-6-15-12(7-11)8-17-10(2)16/h5-7H,1,8H2,2-4H3. The SMILES string of the molecule is C=C1OB(c2ccnc(COC(C)=O)c2)OC1(C)C. The summed E-state index contributed by atoms with van der Waals surface area (Å²) in [7, 11) is -0.499. The Bertz CT molecular complexity index is 515. The molecule has 0 bridgehead atoms. The molecule has 2 rings (SSSR count). The van der Waals surface area contributed by atoms with E-state index in [0.29, 0.717) is 11.5 Å². The van der Waals surface area contributed by atoms with E-state index < -0.39 is 12.7 Å². The third-order valence-corrected chi connectivity index (χ3v) is 2.86. The maximum atomic E-state index is 10.8. The first-order chi connectivity index (χ1) is 8.88. The molecule has 5 nitrogen and oxygen atoms in total. The molecule has 0 unspecified atom stereocenters. The molecule has 0 atom stereocenters. The zero-order valence-corrected chi connectivity index (χ0v) is 11.3. The molecular formula is C13H16BNO4. The number of hydrogen-bond acceptors (Lipinski definition) is 5. The van der Waals surface area contributed by atoms with Crippen LogP contribution in [0.3, 0.4) is 0 Å². The Morgan fingerprint density at radius 2 is 2.32 bits per heavy atom. The van der Waals surface area contributed by atoms with Crippen molar-refractivity contribution in [3.05, 3.63) is 36.4 Å². The van der Waals surface area contributed by atoms with Crippen molar-refractivity contribution in [3.63, 3.8) is 0 Å². The van der Waals surface area contributed by atoms with Crippen LogP contribution in [0.5, 0.6) is 0 Å². The Kier molecular flexibility index (Phi) is 3.62. The minimum absolute atomic E-state index is 0.139.